The first-order valence-electron chi connectivity index (χ1n) is 4.83. The van der Waals surface area contributed by atoms with Crippen molar-refractivity contribution in [1.29, 1.82) is 5.26 Å². The molecule has 0 aliphatic heterocycles. The number of ether oxygens (including phenoxy) is 2. The maximum absolute atomic E-state index is 8.95. The van der Waals surface area contributed by atoms with Crippen LogP contribution in [0.15, 0.2) is 10.5 Å². The summed E-state index contributed by atoms with van der Waals surface area (Å²) in [7, 11) is 0. The highest BCUT2D eigenvalue weighted by Gasteiger charge is 2.17. The zero-order chi connectivity index (χ0) is 12.1. The standard InChI is InChI=1S/C11H11BrClNO2/c1-3-15-9-5-8(13)7(6-14)10(12)11(9)16-4-2/h5H,3-4H2,1-2H3. The maximum atomic E-state index is 8.95. The van der Waals surface area contributed by atoms with Crippen molar-refractivity contribution in [2.24, 2.45) is 0 Å². The fraction of sp³-hybridized carbons (Fsp3) is 0.364. The van der Waals surface area contributed by atoms with E-state index in [1.54, 1.807) is 6.07 Å². The Morgan fingerprint density at radius 1 is 1.38 bits per heavy atom. The van der Waals surface area contributed by atoms with Crippen LogP contribution in [0.2, 0.25) is 5.02 Å². The normalized spacial score (nSPS) is 9.69. The molecule has 0 aliphatic rings. The number of hydrogen-bond donors (Lipinski definition) is 0. The molecule has 86 valence electrons. The van der Waals surface area contributed by atoms with Gasteiger partial charge in [0, 0.05) is 6.07 Å². The Kier molecular flexibility index (Phi) is 4.91. The summed E-state index contributed by atoms with van der Waals surface area (Å²) >= 11 is 9.26. The van der Waals surface area contributed by atoms with Gasteiger partial charge in [-0.25, -0.2) is 0 Å². The van der Waals surface area contributed by atoms with E-state index in [2.05, 4.69) is 15.9 Å². The Morgan fingerprint density at radius 2 is 2.00 bits per heavy atom. The predicted molar refractivity (Wildman–Crippen MR) is 66.2 cm³/mol. The summed E-state index contributed by atoms with van der Waals surface area (Å²) in [5.41, 5.74) is 0.355. The molecule has 0 aliphatic carbocycles. The van der Waals surface area contributed by atoms with Crippen LogP contribution >= 0.6 is 27.5 Å². The quantitative estimate of drug-likeness (QED) is 0.850. The molecule has 0 radical (unpaired) electrons. The van der Waals surface area contributed by atoms with Gasteiger partial charge in [-0.1, -0.05) is 11.6 Å². The molecule has 0 saturated carbocycles. The molecule has 0 heterocycles. The van der Waals surface area contributed by atoms with Crippen LogP contribution in [0, 0.1) is 11.3 Å². The lowest BCUT2D eigenvalue weighted by Gasteiger charge is -2.14. The van der Waals surface area contributed by atoms with Crippen LogP contribution in [0.4, 0.5) is 0 Å². The molecule has 1 aromatic carbocycles. The molecule has 0 fully saturated rings. The van der Waals surface area contributed by atoms with Crippen molar-refractivity contribution in [1.82, 2.24) is 0 Å². The van der Waals surface area contributed by atoms with Crippen LogP contribution in [-0.2, 0) is 0 Å². The molecule has 3 nitrogen and oxygen atoms in total. The van der Waals surface area contributed by atoms with E-state index < -0.39 is 0 Å². The van der Waals surface area contributed by atoms with Gasteiger partial charge in [-0.05, 0) is 29.8 Å². The van der Waals surface area contributed by atoms with Crippen molar-refractivity contribution in [3.8, 4) is 17.6 Å². The Hall–Kier alpha value is -0.920. The van der Waals surface area contributed by atoms with E-state index >= 15 is 0 Å². The second-order valence-corrected chi connectivity index (χ2v) is 4.05. The lowest BCUT2D eigenvalue weighted by Crippen LogP contribution is -2.00. The van der Waals surface area contributed by atoms with Gasteiger partial charge in [-0.15, -0.1) is 0 Å². The van der Waals surface area contributed by atoms with Crippen LogP contribution in [0.5, 0.6) is 11.5 Å². The molecule has 1 aromatic rings. The molecule has 0 atom stereocenters. The molecule has 5 heteroatoms. The fourth-order valence-electron chi connectivity index (χ4n) is 1.22. The lowest BCUT2D eigenvalue weighted by atomic mass is 10.2. The van der Waals surface area contributed by atoms with E-state index in [1.807, 2.05) is 19.9 Å². The van der Waals surface area contributed by atoms with Gasteiger partial charge in [0.15, 0.2) is 11.5 Å². The summed E-state index contributed by atoms with van der Waals surface area (Å²) in [6, 6.07) is 3.61. The van der Waals surface area contributed by atoms with Gasteiger partial charge < -0.3 is 9.47 Å². The van der Waals surface area contributed by atoms with Gasteiger partial charge >= 0.3 is 0 Å². The molecule has 0 saturated heterocycles. The van der Waals surface area contributed by atoms with Crippen LogP contribution in [-0.4, -0.2) is 13.2 Å². The van der Waals surface area contributed by atoms with E-state index in [-0.39, 0.29) is 0 Å². The van der Waals surface area contributed by atoms with Crippen molar-refractivity contribution >= 4 is 27.5 Å². The fourth-order valence-corrected chi connectivity index (χ4v) is 2.19. The molecule has 0 spiro atoms. The van der Waals surface area contributed by atoms with E-state index in [1.165, 1.54) is 0 Å². The maximum Gasteiger partial charge on any atom is 0.176 e. The topological polar surface area (TPSA) is 42.2 Å². The number of nitriles is 1. The molecule has 0 bridgehead atoms. The number of rotatable bonds is 4. The largest absolute Gasteiger partial charge is 0.490 e. The van der Waals surface area contributed by atoms with Crippen molar-refractivity contribution < 1.29 is 9.47 Å². The minimum Gasteiger partial charge on any atom is -0.490 e. The van der Waals surface area contributed by atoms with Crippen molar-refractivity contribution in [3.63, 3.8) is 0 Å². The van der Waals surface area contributed by atoms with Gasteiger partial charge in [-0.2, -0.15) is 5.26 Å². The Balaban J connectivity index is 3.34. The Labute approximate surface area is 108 Å². The van der Waals surface area contributed by atoms with Gasteiger partial charge in [0.25, 0.3) is 0 Å². The highest BCUT2D eigenvalue weighted by atomic mass is 79.9. The molecule has 0 aromatic heterocycles. The smallest absolute Gasteiger partial charge is 0.176 e. The number of benzene rings is 1. The summed E-state index contributed by atoms with van der Waals surface area (Å²) in [4.78, 5) is 0. The van der Waals surface area contributed by atoms with Crippen LogP contribution in [0.1, 0.15) is 19.4 Å². The average Bonchev–Trinajstić information content (AvgIpc) is 2.24. The first-order valence-corrected chi connectivity index (χ1v) is 6.00. The molecular formula is C11H11BrClNO2. The zero-order valence-electron chi connectivity index (χ0n) is 9.01. The summed E-state index contributed by atoms with van der Waals surface area (Å²) in [5.74, 6) is 1.06. The molecule has 16 heavy (non-hydrogen) atoms. The van der Waals surface area contributed by atoms with Crippen LogP contribution in [0.3, 0.4) is 0 Å². The summed E-state index contributed by atoms with van der Waals surface area (Å²) in [5, 5.41) is 9.30. The molecular weight excluding hydrogens is 293 g/mol. The van der Waals surface area contributed by atoms with Gasteiger partial charge in [-0.3, -0.25) is 0 Å². The first-order chi connectivity index (χ1) is 7.65. The highest BCUT2D eigenvalue weighted by Crippen LogP contribution is 2.41. The molecule has 0 amide bonds. The second-order valence-electron chi connectivity index (χ2n) is 2.85. The molecule has 0 N–H and O–H groups in total. The first kappa shape index (κ1) is 13.1. The Bertz CT molecular complexity index is 429. The number of nitrogens with zero attached hydrogens (tertiary/aromatic N) is 1. The lowest BCUT2D eigenvalue weighted by molar-refractivity contribution is 0.286. The van der Waals surface area contributed by atoms with Crippen molar-refractivity contribution in [2.75, 3.05) is 13.2 Å². The summed E-state index contributed by atoms with van der Waals surface area (Å²) < 4.78 is 11.4. The summed E-state index contributed by atoms with van der Waals surface area (Å²) in [6.07, 6.45) is 0. The van der Waals surface area contributed by atoms with Gasteiger partial charge in [0.1, 0.15) is 6.07 Å². The second kappa shape index (κ2) is 5.97. The molecule has 1 rings (SSSR count). The average molecular weight is 305 g/mol. The van der Waals surface area contributed by atoms with E-state index in [9.17, 15) is 0 Å². The minimum atomic E-state index is 0.348. The van der Waals surface area contributed by atoms with E-state index in [0.717, 1.165) is 0 Å². The third-order valence-corrected chi connectivity index (χ3v) is 2.89. The zero-order valence-corrected chi connectivity index (χ0v) is 11.4. The van der Waals surface area contributed by atoms with Gasteiger partial charge in [0.2, 0.25) is 0 Å². The monoisotopic (exact) mass is 303 g/mol. The van der Waals surface area contributed by atoms with Crippen LogP contribution < -0.4 is 9.47 Å². The highest BCUT2D eigenvalue weighted by molar-refractivity contribution is 9.10. The summed E-state index contributed by atoms with van der Waals surface area (Å²) in [6.45, 7) is 4.73. The number of halogens is 2. The van der Waals surface area contributed by atoms with E-state index in [4.69, 9.17) is 26.3 Å². The van der Waals surface area contributed by atoms with Crippen molar-refractivity contribution in [3.05, 3.63) is 21.1 Å². The predicted octanol–water partition coefficient (Wildman–Crippen LogP) is 3.77. The van der Waals surface area contributed by atoms with E-state index in [0.29, 0.717) is 39.8 Å². The molecule has 0 unspecified atom stereocenters. The van der Waals surface area contributed by atoms with Crippen LogP contribution in [0.25, 0.3) is 0 Å². The number of hydrogen-bond acceptors (Lipinski definition) is 3. The van der Waals surface area contributed by atoms with Crippen molar-refractivity contribution in [2.45, 2.75) is 13.8 Å². The Morgan fingerprint density at radius 3 is 2.50 bits per heavy atom. The third-order valence-electron chi connectivity index (χ3n) is 1.84. The minimum absolute atomic E-state index is 0.348. The van der Waals surface area contributed by atoms with Gasteiger partial charge in [0.05, 0.1) is 28.3 Å². The SMILES string of the molecule is CCOc1cc(Cl)c(C#N)c(Br)c1OCC. The third kappa shape index (κ3) is 2.60.